The lowest BCUT2D eigenvalue weighted by atomic mass is 9.93. The van der Waals surface area contributed by atoms with Crippen molar-refractivity contribution in [2.75, 3.05) is 5.32 Å². The van der Waals surface area contributed by atoms with E-state index < -0.39 is 0 Å². The number of fused-ring (bicyclic) bond motifs is 1. The zero-order valence-electron chi connectivity index (χ0n) is 11.8. The van der Waals surface area contributed by atoms with Gasteiger partial charge >= 0.3 is 0 Å². The number of carbonyl (C=O) groups is 1. The first-order chi connectivity index (χ1) is 9.52. The van der Waals surface area contributed by atoms with Crippen LogP contribution < -0.4 is 10.9 Å². The summed E-state index contributed by atoms with van der Waals surface area (Å²) >= 11 is 1.32. The molecule has 1 aromatic heterocycles. The van der Waals surface area contributed by atoms with Crippen LogP contribution in [0.1, 0.15) is 27.2 Å². The number of rotatable bonds is 4. The van der Waals surface area contributed by atoms with E-state index in [1.165, 1.54) is 11.3 Å². The molecule has 2 atom stereocenters. The van der Waals surface area contributed by atoms with E-state index in [4.69, 9.17) is 0 Å². The molecule has 0 aliphatic carbocycles. The lowest BCUT2D eigenvalue weighted by molar-refractivity contribution is -0.120. The molecule has 0 fully saturated rings. The highest BCUT2D eigenvalue weighted by molar-refractivity contribution is 7.21. The van der Waals surface area contributed by atoms with Crippen LogP contribution in [0.4, 0.5) is 5.13 Å². The van der Waals surface area contributed by atoms with Crippen molar-refractivity contribution in [2.45, 2.75) is 27.2 Å². The maximum Gasteiger partial charge on any atom is 0.281 e. The Balaban J connectivity index is 2.26. The third-order valence-electron chi connectivity index (χ3n) is 3.67. The Hall–Kier alpha value is -1.75. The summed E-state index contributed by atoms with van der Waals surface area (Å²) in [6.45, 7) is 5.99. The molecular weight excluding hydrogens is 272 g/mol. The molecule has 0 aliphatic heterocycles. The minimum Gasteiger partial charge on any atom is -0.302 e. The average Bonchev–Trinajstić information content (AvgIpc) is 2.45. The molecule has 106 valence electrons. The van der Waals surface area contributed by atoms with Gasteiger partial charge in [0.1, 0.15) is 0 Å². The molecule has 0 bridgehead atoms. The number of carbonyl (C=O) groups excluding carboxylic acids is 1. The Labute approximate surface area is 121 Å². The smallest absolute Gasteiger partial charge is 0.281 e. The second-order valence-electron chi connectivity index (χ2n) is 4.98. The molecule has 2 unspecified atom stereocenters. The van der Waals surface area contributed by atoms with E-state index >= 15 is 0 Å². The van der Waals surface area contributed by atoms with Crippen molar-refractivity contribution in [1.29, 1.82) is 0 Å². The molecule has 2 aromatic rings. The van der Waals surface area contributed by atoms with Crippen molar-refractivity contribution in [3.8, 4) is 0 Å². The van der Waals surface area contributed by atoms with Crippen LogP contribution >= 0.6 is 11.3 Å². The second kappa shape index (κ2) is 6.13. The van der Waals surface area contributed by atoms with Crippen molar-refractivity contribution < 1.29 is 4.79 Å². The van der Waals surface area contributed by atoms with Gasteiger partial charge in [-0.05, 0) is 18.1 Å². The first-order valence-corrected chi connectivity index (χ1v) is 7.55. The van der Waals surface area contributed by atoms with E-state index in [2.05, 4.69) is 17.2 Å². The third-order valence-corrected chi connectivity index (χ3v) is 4.63. The van der Waals surface area contributed by atoms with Crippen molar-refractivity contribution in [3.05, 3.63) is 34.6 Å². The number of hydrogen-bond acceptors (Lipinski definition) is 4. The molecule has 1 heterocycles. The molecule has 0 saturated carbocycles. The molecule has 1 amide bonds. The molecular formula is C15H18N2O2S. The minimum atomic E-state index is -0.300. The number of amides is 1. The normalized spacial score (nSPS) is 13.9. The monoisotopic (exact) mass is 290 g/mol. The maximum absolute atomic E-state index is 12.1. The Morgan fingerprint density at radius 3 is 2.75 bits per heavy atom. The van der Waals surface area contributed by atoms with E-state index in [0.717, 1.165) is 11.1 Å². The largest absolute Gasteiger partial charge is 0.302 e. The Kier molecular flexibility index (Phi) is 4.49. The third kappa shape index (κ3) is 3.04. The van der Waals surface area contributed by atoms with E-state index in [9.17, 15) is 9.59 Å². The highest BCUT2D eigenvalue weighted by Gasteiger charge is 2.19. The summed E-state index contributed by atoms with van der Waals surface area (Å²) in [7, 11) is 0. The molecule has 20 heavy (non-hydrogen) atoms. The van der Waals surface area contributed by atoms with Crippen LogP contribution in [0.15, 0.2) is 29.1 Å². The summed E-state index contributed by atoms with van der Waals surface area (Å²) in [5, 5.41) is 3.72. The average molecular weight is 290 g/mol. The van der Waals surface area contributed by atoms with Crippen LogP contribution in [0.2, 0.25) is 0 Å². The van der Waals surface area contributed by atoms with Gasteiger partial charge in [-0.3, -0.25) is 9.59 Å². The summed E-state index contributed by atoms with van der Waals surface area (Å²) in [4.78, 5) is 27.9. The first kappa shape index (κ1) is 14.7. The molecule has 0 spiro atoms. The van der Waals surface area contributed by atoms with E-state index in [0.29, 0.717) is 16.4 Å². The highest BCUT2D eigenvalue weighted by Crippen LogP contribution is 2.22. The summed E-state index contributed by atoms with van der Waals surface area (Å²) in [6.07, 6.45) is 0.940. The van der Waals surface area contributed by atoms with Gasteiger partial charge in [0.05, 0.1) is 5.39 Å². The number of anilines is 1. The molecule has 0 radical (unpaired) electrons. The van der Waals surface area contributed by atoms with Crippen molar-refractivity contribution >= 4 is 32.5 Å². The fourth-order valence-corrected chi connectivity index (χ4v) is 2.80. The predicted molar refractivity (Wildman–Crippen MR) is 83.1 cm³/mol. The predicted octanol–water partition coefficient (Wildman–Crippen LogP) is 3.28. The van der Waals surface area contributed by atoms with Crippen LogP contribution in [-0.2, 0) is 4.79 Å². The molecule has 2 rings (SSSR count). The van der Waals surface area contributed by atoms with Gasteiger partial charge in [-0.15, -0.1) is 0 Å². The Morgan fingerprint density at radius 2 is 2.05 bits per heavy atom. The lowest BCUT2D eigenvalue weighted by Gasteiger charge is -2.17. The van der Waals surface area contributed by atoms with Gasteiger partial charge in [0, 0.05) is 10.6 Å². The lowest BCUT2D eigenvalue weighted by Crippen LogP contribution is -2.26. The molecule has 5 heteroatoms. The van der Waals surface area contributed by atoms with Crippen LogP contribution in [0.5, 0.6) is 0 Å². The Bertz CT molecular complexity index is 681. The van der Waals surface area contributed by atoms with Crippen LogP contribution in [0.3, 0.4) is 0 Å². The van der Waals surface area contributed by atoms with Crippen LogP contribution in [0, 0.1) is 11.8 Å². The number of nitrogens with one attached hydrogen (secondary N) is 1. The van der Waals surface area contributed by atoms with Gasteiger partial charge in [0.15, 0.2) is 5.13 Å². The summed E-state index contributed by atoms with van der Waals surface area (Å²) < 4.78 is 0.832. The van der Waals surface area contributed by atoms with Crippen LogP contribution in [0.25, 0.3) is 10.1 Å². The topological polar surface area (TPSA) is 59.1 Å². The van der Waals surface area contributed by atoms with Gasteiger partial charge < -0.3 is 5.32 Å². The SMILES string of the molecule is CCC(C)C(C)C(=O)Nc1nc(=O)c2ccccc2s1. The number of hydrogen-bond donors (Lipinski definition) is 1. The second-order valence-corrected chi connectivity index (χ2v) is 6.01. The zero-order valence-corrected chi connectivity index (χ0v) is 12.7. The Morgan fingerprint density at radius 1 is 1.35 bits per heavy atom. The molecule has 1 N–H and O–H groups in total. The zero-order chi connectivity index (χ0) is 14.7. The van der Waals surface area contributed by atoms with E-state index in [1.54, 1.807) is 12.1 Å². The molecule has 1 aromatic carbocycles. The summed E-state index contributed by atoms with van der Waals surface area (Å²) in [5.74, 6) is 0.112. The van der Waals surface area contributed by atoms with E-state index in [1.807, 2.05) is 26.0 Å². The fraction of sp³-hybridized carbons (Fsp3) is 0.400. The van der Waals surface area contributed by atoms with Gasteiger partial charge in [0.25, 0.3) is 5.56 Å². The van der Waals surface area contributed by atoms with Gasteiger partial charge in [-0.1, -0.05) is 50.7 Å². The first-order valence-electron chi connectivity index (χ1n) is 6.73. The number of aromatic nitrogens is 1. The molecule has 0 aliphatic rings. The number of benzene rings is 1. The van der Waals surface area contributed by atoms with Crippen molar-refractivity contribution in [3.63, 3.8) is 0 Å². The van der Waals surface area contributed by atoms with Gasteiger partial charge in [-0.2, -0.15) is 4.98 Å². The van der Waals surface area contributed by atoms with Crippen molar-refractivity contribution in [2.24, 2.45) is 11.8 Å². The molecule has 0 saturated heterocycles. The standard InChI is InChI=1S/C15H18N2O2S/c1-4-9(2)10(3)13(18)16-15-17-14(19)11-7-5-6-8-12(11)20-15/h5-10H,4H2,1-3H3,(H,16,17,18,19). The fourth-order valence-electron chi connectivity index (χ4n) is 1.90. The summed E-state index contributed by atoms with van der Waals surface area (Å²) in [5.41, 5.74) is -0.300. The van der Waals surface area contributed by atoms with E-state index in [-0.39, 0.29) is 17.4 Å². The maximum atomic E-state index is 12.1. The summed E-state index contributed by atoms with van der Waals surface area (Å²) in [6, 6.07) is 7.28. The number of nitrogens with zero attached hydrogens (tertiary/aromatic N) is 1. The van der Waals surface area contributed by atoms with Crippen LogP contribution in [-0.4, -0.2) is 10.9 Å². The van der Waals surface area contributed by atoms with Crippen molar-refractivity contribution in [1.82, 2.24) is 4.98 Å². The highest BCUT2D eigenvalue weighted by atomic mass is 32.1. The van der Waals surface area contributed by atoms with Gasteiger partial charge in [-0.25, -0.2) is 0 Å². The quantitative estimate of drug-likeness (QED) is 0.940. The van der Waals surface area contributed by atoms with Gasteiger partial charge in [0.2, 0.25) is 5.91 Å². The molecule has 4 nitrogen and oxygen atoms in total. The minimum absolute atomic E-state index is 0.0854.